The number of hydrogen-bond donors (Lipinski definition) is 0. The molecule has 45 heavy (non-hydrogen) atoms. The van der Waals surface area contributed by atoms with Crippen molar-refractivity contribution in [2.75, 3.05) is 19.6 Å². The first-order valence-corrected chi connectivity index (χ1v) is 16.6. The van der Waals surface area contributed by atoms with E-state index in [1.807, 2.05) is 54.6 Å². The molecule has 2 aliphatic heterocycles. The van der Waals surface area contributed by atoms with Crippen LogP contribution in [0.1, 0.15) is 68.4 Å². The first kappa shape index (κ1) is 29.8. The van der Waals surface area contributed by atoms with Gasteiger partial charge in [0.05, 0.1) is 6.04 Å². The highest BCUT2D eigenvalue weighted by molar-refractivity contribution is 5.92. The number of likely N-dealkylation sites (tertiary alicyclic amines) is 1. The molecule has 1 saturated carbocycles. The van der Waals surface area contributed by atoms with Gasteiger partial charge in [0, 0.05) is 43.1 Å². The maximum absolute atomic E-state index is 14.0. The predicted octanol–water partition coefficient (Wildman–Crippen LogP) is 6.60. The minimum absolute atomic E-state index is 0.000219. The molecular formula is C39H44N2O4. The van der Waals surface area contributed by atoms with Gasteiger partial charge in [-0.25, -0.2) is 0 Å². The first-order valence-electron chi connectivity index (χ1n) is 16.6. The minimum atomic E-state index is -0.312. The maximum atomic E-state index is 14.0. The van der Waals surface area contributed by atoms with Gasteiger partial charge in [-0.05, 0) is 72.9 Å². The van der Waals surface area contributed by atoms with Crippen LogP contribution >= 0.6 is 0 Å². The van der Waals surface area contributed by atoms with Gasteiger partial charge in [0.15, 0.2) is 0 Å². The van der Waals surface area contributed by atoms with Crippen molar-refractivity contribution in [1.29, 1.82) is 0 Å². The van der Waals surface area contributed by atoms with E-state index in [0.717, 1.165) is 49.1 Å². The summed E-state index contributed by atoms with van der Waals surface area (Å²) in [5.74, 6) is 1.57. The second-order valence-electron chi connectivity index (χ2n) is 13.8. The molecule has 0 N–H and O–H groups in total. The van der Waals surface area contributed by atoms with Gasteiger partial charge in [0.1, 0.15) is 18.0 Å². The molecule has 234 valence electrons. The number of rotatable bonds is 9. The number of carbonyl (C=O) groups excluding carboxylic acids is 2. The summed E-state index contributed by atoms with van der Waals surface area (Å²) < 4.78 is 12.9. The maximum Gasteiger partial charge on any atom is 0.303 e. The van der Waals surface area contributed by atoms with Crippen LogP contribution in [0.15, 0.2) is 84.9 Å². The van der Waals surface area contributed by atoms with E-state index in [1.54, 1.807) is 6.08 Å². The van der Waals surface area contributed by atoms with Gasteiger partial charge in [-0.2, -0.15) is 0 Å². The van der Waals surface area contributed by atoms with Crippen molar-refractivity contribution in [2.45, 2.75) is 76.2 Å². The Labute approximate surface area is 267 Å². The van der Waals surface area contributed by atoms with Crippen LogP contribution < -0.4 is 4.74 Å². The standard InChI is InChI=1S/C39H44N2O4/c1-26(2)24-41(36(43)20-17-28-11-6-4-7-12-28)32-19-18-31-33-23-30-15-10-16-34-37(30)39(31,38(32)45-34)21-22-40(33)25-35(44-27(3)42)29-13-8-5-9-14-29/h4-17,20,26,31-33,35,38H,18-19,21-25H2,1-3H3/t31-,32-,33+,35?,38-,39-/m0/s1. The van der Waals surface area contributed by atoms with E-state index in [9.17, 15) is 9.59 Å². The Bertz CT molecular complexity index is 1570. The molecular weight excluding hydrogens is 560 g/mol. The van der Waals surface area contributed by atoms with Gasteiger partial charge < -0.3 is 14.4 Å². The van der Waals surface area contributed by atoms with Crippen molar-refractivity contribution >= 4 is 18.0 Å². The molecule has 3 aromatic rings. The number of ether oxygens (including phenoxy) is 2. The van der Waals surface area contributed by atoms with Crippen molar-refractivity contribution in [2.24, 2.45) is 11.8 Å². The van der Waals surface area contributed by atoms with E-state index in [-0.39, 0.29) is 35.5 Å². The SMILES string of the molecule is CC(=O)OC(CN1CC[C@]23c4c5cccc4O[C@H]2[C@@H](N(CC(C)C)C(=O)C=Cc2ccccc2)CC[C@H]3[C@H]1C5)c1ccccc1. The molecule has 2 bridgehead atoms. The Morgan fingerprint density at radius 2 is 1.78 bits per heavy atom. The van der Waals surface area contributed by atoms with Gasteiger partial charge in [-0.15, -0.1) is 0 Å². The number of hydrogen-bond acceptors (Lipinski definition) is 5. The molecule has 3 aromatic carbocycles. The summed E-state index contributed by atoms with van der Waals surface area (Å²) in [5, 5.41) is 0. The molecule has 6 nitrogen and oxygen atoms in total. The Kier molecular flexibility index (Phi) is 8.03. The molecule has 7 rings (SSSR count). The van der Waals surface area contributed by atoms with Crippen molar-refractivity contribution < 1.29 is 19.1 Å². The molecule has 1 unspecified atom stereocenters. The van der Waals surface area contributed by atoms with Crippen molar-refractivity contribution in [3.05, 3.63) is 107 Å². The van der Waals surface area contributed by atoms with E-state index in [1.165, 1.54) is 18.1 Å². The summed E-state index contributed by atoms with van der Waals surface area (Å²) >= 11 is 0. The molecule has 6 heteroatoms. The van der Waals surface area contributed by atoms with Gasteiger partial charge in [-0.3, -0.25) is 14.5 Å². The minimum Gasteiger partial charge on any atom is -0.487 e. The predicted molar refractivity (Wildman–Crippen MR) is 176 cm³/mol. The molecule has 0 aromatic heterocycles. The second kappa shape index (κ2) is 12.1. The number of carbonyl (C=O) groups is 2. The summed E-state index contributed by atoms with van der Waals surface area (Å²) in [6, 6.07) is 27.0. The summed E-state index contributed by atoms with van der Waals surface area (Å²) in [6.07, 6.45) is 7.17. The normalized spacial score (nSPS) is 27.1. The molecule has 2 fully saturated rings. The first-order chi connectivity index (χ1) is 21.8. The van der Waals surface area contributed by atoms with Crippen molar-refractivity contribution in [3.63, 3.8) is 0 Å². The largest absolute Gasteiger partial charge is 0.487 e. The molecule has 2 aliphatic carbocycles. The number of nitrogens with zero attached hydrogens (tertiary/aromatic N) is 2. The second-order valence-corrected chi connectivity index (χ2v) is 13.8. The molecule has 1 saturated heterocycles. The van der Waals surface area contributed by atoms with Crippen molar-refractivity contribution in [1.82, 2.24) is 9.80 Å². The van der Waals surface area contributed by atoms with E-state index in [4.69, 9.17) is 9.47 Å². The number of benzene rings is 3. The van der Waals surface area contributed by atoms with Crippen LogP contribution in [0.3, 0.4) is 0 Å². The van der Waals surface area contributed by atoms with E-state index < -0.39 is 0 Å². The Morgan fingerprint density at radius 1 is 1.02 bits per heavy atom. The molecule has 2 heterocycles. The fourth-order valence-corrected chi connectivity index (χ4v) is 9.02. The van der Waals surface area contributed by atoms with E-state index >= 15 is 0 Å². The molecule has 1 spiro atoms. The summed E-state index contributed by atoms with van der Waals surface area (Å²) in [6.45, 7) is 8.15. The summed E-state index contributed by atoms with van der Waals surface area (Å²) in [5.41, 5.74) is 4.70. The topological polar surface area (TPSA) is 59.1 Å². The Hall–Kier alpha value is -3.90. The third kappa shape index (κ3) is 5.37. The van der Waals surface area contributed by atoms with Crippen LogP contribution in [0.4, 0.5) is 0 Å². The highest BCUT2D eigenvalue weighted by Gasteiger charge is 2.66. The monoisotopic (exact) mass is 604 g/mol. The Balaban J connectivity index is 1.21. The van der Waals surface area contributed by atoms with Gasteiger partial charge in [0.25, 0.3) is 0 Å². The van der Waals surface area contributed by atoms with Crippen LogP contribution in [-0.4, -0.2) is 59.5 Å². The number of esters is 1. The molecule has 0 radical (unpaired) electrons. The van der Waals surface area contributed by atoms with E-state index in [2.05, 4.69) is 54.0 Å². The third-order valence-corrected chi connectivity index (χ3v) is 10.6. The van der Waals surface area contributed by atoms with Crippen LogP contribution in [0.25, 0.3) is 6.08 Å². The zero-order valence-corrected chi connectivity index (χ0v) is 26.6. The average Bonchev–Trinajstić information content (AvgIpc) is 3.38. The highest BCUT2D eigenvalue weighted by atomic mass is 16.5. The van der Waals surface area contributed by atoms with Gasteiger partial charge in [0.2, 0.25) is 5.91 Å². The number of piperidine rings is 1. The highest BCUT2D eigenvalue weighted by Crippen LogP contribution is 2.62. The molecule has 1 amide bonds. The Morgan fingerprint density at radius 3 is 2.51 bits per heavy atom. The molecule has 4 aliphatic rings. The number of amides is 1. The fraction of sp³-hybridized carbons (Fsp3) is 0.436. The van der Waals surface area contributed by atoms with Crippen LogP contribution in [-0.2, 0) is 26.2 Å². The van der Waals surface area contributed by atoms with Crippen LogP contribution in [0, 0.1) is 11.8 Å². The lowest BCUT2D eigenvalue weighted by atomic mass is 9.51. The van der Waals surface area contributed by atoms with Gasteiger partial charge in [-0.1, -0.05) is 86.6 Å². The zero-order chi connectivity index (χ0) is 31.1. The summed E-state index contributed by atoms with van der Waals surface area (Å²) in [4.78, 5) is 30.9. The van der Waals surface area contributed by atoms with Crippen molar-refractivity contribution in [3.8, 4) is 5.75 Å². The quantitative estimate of drug-likeness (QED) is 0.204. The van der Waals surface area contributed by atoms with Gasteiger partial charge >= 0.3 is 5.97 Å². The third-order valence-electron chi connectivity index (χ3n) is 10.6. The van der Waals surface area contributed by atoms with E-state index in [0.29, 0.717) is 31.0 Å². The lowest BCUT2D eigenvalue weighted by Crippen LogP contribution is -2.69. The molecule has 6 atom stereocenters. The van der Waals surface area contributed by atoms with Crippen LogP contribution in [0.2, 0.25) is 0 Å². The smallest absolute Gasteiger partial charge is 0.303 e. The van der Waals surface area contributed by atoms with Crippen LogP contribution in [0.5, 0.6) is 5.75 Å². The lowest BCUT2D eigenvalue weighted by Gasteiger charge is -2.60. The summed E-state index contributed by atoms with van der Waals surface area (Å²) in [7, 11) is 0. The zero-order valence-electron chi connectivity index (χ0n) is 26.6. The fourth-order valence-electron chi connectivity index (χ4n) is 9.02. The lowest BCUT2D eigenvalue weighted by molar-refractivity contribution is -0.151. The average molecular weight is 605 g/mol.